The summed E-state index contributed by atoms with van der Waals surface area (Å²) in [5.74, 6) is 0.369. The Balaban J connectivity index is 1.98. The van der Waals surface area contributed by atoms with Crippen molar-refractivity contribution in [3.63, 3.8) is 0 Å². The van der Waals surface area contributed by atoms with E-state index >= 15 is 0 Å². The van der Waals surface area contributed by atoms with E-state index in [1.165, 1.54) is 4.73 Å². The van der Waals surface area contributed by atoms with Gasteiger partial charge >= 0.3 is 16.2 Å². The Morgan fingerprint density at radius 3 is 2.30 bits per heavy atom. The minimum atomic E-state index is -4.82. The molecule has 0 saturated carbocycles. The molecule has 0 radical (unpaired) electrons. The summed E-state index contributed by atoms with van der Waals surface area (Å²) < 4.78 is 52.9. The first-order valence-corrected chi connectivity index (χ1v) is 13.5. The van der Waals surface area contributed by atoms with E-state index in [1.807, 2.05) is 19.9 Å². The lowest BCUT2D eigenvalue weighted by Gasteiger charge is -2.37. The van der Waals surface area contributed by atoms with Crippen LogP contribution in [-0.4, -0.2) is 37.7 Å². The van der Waals surface area contributed by atoms with Crippen LogP contribution in [0.15, 0.2) is 18.2 Å². The zero-order valence-electron chi connectivity index (χ0n) is 19.6. The van der Waals surface area contributed by atoms with Gasteiger partial charge in [0.25, 0.3) is 0 Å². The van der Waals surface area contributed by atoms with E-state index < -0.39 is 21.6 Å². The van der Waals surface area contributed by atoms with Crippen molar-refractivity contribution in [2.45, 2.75) is 88.9 Å². The summed E-state index contributed by atoms with van der Waals surface area (Å²) >= 11 is 0. The second-order valence-electron chi connectivity index (χ2n) is 9.16. The Labute approximate surface area is 196 Å². The van der Waals surface area contributed by atoms with Crippen molar-refractivity contribution in [3.8, 4) is 0 Å². The highest BCUT2D eigenvalue weighted by atomic mass is 32.3. The number of rotatable bonds is 7. The number of hydrogen-bond acceptors (Lipinski definition) is 7. The van der Waals surface area contributed by atoms with Gasteiger partial charge in [-0.05, 0) is 67.5 Å². The number of nitrogens with one attached hydrogen (secondary N) is 1. The molecule has 2 fully saturated rings. The van der Waals surface area contributed by atoms with Gasteiger partial charge in [0.2, 0.25) is 0 Å². The van der Waals surface area contributed by atoms with Crippen LogP contribution in [-0.2, 0) is 31.1 Å². The molecule has 2 saturated heterocycles. The van der Waals surface area contributed by atoms with Gasteiger partial charge in [0.15, 0.2) is 17.0 Å². The molecule has 2 N–H and O–H groups in total. The normalized spacial score (nSPS) is 30.8. The van der Waals surface area contributed by atoms with E-state index in [-0.39, 0.29) is 6.04 Å². The van der Waals surface area contributed by atoms with Gasteiger partial charge in [-0.3, -0.25) is 4.55 Å². The molecule has 3 aliphatic rings. The maximum atomic E-state index is 12.0. The second kappa shape index (κ2) is 9.95. The molecule has 3 atom stereocenters. The molecule has 3 unspecified atom stereocenters. The first-order chi connectivity index (χ1) is 15.8. The molecule has 0 aromatic carbocycles. The van der Waals surface area contributed by atoms with Crippen LogP contribution in [0.1, 0.15) is 94.9 Å². The molecule has 4 rings (SSSR count). The van der Waals surface area contributed by atoms with Gasteiger partial charge in [-0.25, -0.2) is 0 Å². The molecule has 184 valence electrons. The molecule has 9 nitrogen and oxygen atoms in total. The summed E-state index contributed by atoms with van der Waals surface area (Å²) in [6.07, 6.45) is 11.4. The highest BCUT2D eigenvalue weighted by Crippen LogP contribution is 2.40. The highest BCUT2D eigenvalue weighted by molar-refractivity contribution is 7.80. The highest BCUT2D eigenvalue weighted by Gasteiger charge is 2.51. The third-order valence-corrected chi connectivity index (χ3v) is 7.54. The molecule has 0 bridgehead atoms. The van der Waals surface area contributed by atoms with Crippen LogP contribution < -0.4 is 14.3 Å². The maximum Gasteiger partial charge on any atom is 0.482 e. The third kappa shape index (κ3) is 5.09. The van der Waals surface area contributed by atoms with Crippen LogP contribution in [0, 0.1) is 0 Å². The van der Waals surface area contributed by atoms with Crippen LogP contribution >= 0.6 is 0 Å². The minimum absolute atomic E-state index is 0.0251. The quantitative estimate of drug-likeness (QED) is 0.347. The van der Waals surface area contributed by atoms with E-state index in [1.54, 1.807) is 0 Å². The van der Waals surface area contributed by atoms with E-state index in [2.05, 4.69) is 17.5 Å². The topological polar surface area (TPSA) is 111 Å². The molecular weight excluding hydrogens is 446 g/mol. The van der Waals surface area contributed by atoms with Crippen molar-refractivity contribution in [2.24, 2.45) is 0 Å². The molecule has 10 heteroatoms. The van der Waals surface area contributed by atoms with Crippen LogP contribution in [0.2, 0.25) is 0 Å². The van der Waals surface area contributed by atoms with Crippen LogP contribution in [0.25, 0.3) is 0 Å². The van der Waals surface area contributed by atoms with E-state index in [4.69, 9.17) is 18.7 Å². The van der Waals surface area contributed by atoms with Crippen molar-refractivity contribution < 1.29 is 31.5 Å². The molecule has 4 heterocycles. The van der Waals surface area contributed by atoms with Gasteiger partial charge in [-0.15, -0.1) is 0 Å². The molecule has 1 aromatic rings. The van der Waals surface area contributed by atoms with Gasteiger partial charge in [0.05, 0.1) is 6.04 Å². The third-order valence-electron chi connectivity index (χ3n) is 7.20. The van der Waals surface area contributed by atoms with E-state index in [9.17, 15) is 13.0 Å². The Hall–Kier alpha value is -1.59. The first kappa shape index (κ1) is 24.5. The van der Waals surface area contributed by atoms with Gasteiger partial charge < -0.3 is 14.8 Å². The average molecular weight is 483 g/mol. The molecular formula is C23H36N3O6S+. The van der Waals surface area contributed by atoms with Crippen molar-refractivity contribution in [2.75, 3.05) is 19.8 Å². The van der Waals surface area contributed by atoms with Crippen molar-refractivity contribution >= 4 is 10.4 Å². The van der Waals surface area contributed by atoms with Crippen LogP contribution in [0.3, 0.4) is 0 Å². The number of aromatic nitrogens is 2. The molecule has 33 heavy (non-hydrogen) atoms. The Morgan fingerprint density at radius 1 is 1.12 bits per heavy atom. The zero-order valence-corrected chi connectivity index (χ0v) is 20.4. The van der Waals surface area contributed by atoms with Crippen LogP contribution in [0.4, 0.5) is 0 Å². The van der Waals surface area contributed by atoms with Crippen molar-refractivity contribution in [3.05, 3.63) is 35.4 Å². The molecule has 0 amide bonds. The fourth-order valence-electron chi connectivity index (χ4n) is 5.28. The molecule has 1 aromatic heterocycles. The summed E-state index contributed by atoms with van der Waals surface area (Å²) in [6.45, 7) is 5.90. The van der Waals surface area contributed by atoms with E-state index in [0.717, 1.165) is 50.8 Å². The van der Waals surface area contributed by atoms with E-state index in [0.29, 0.717) is 44.0 Å². The summed E-state index contributed by atoms with van der Waals surface area (Å²) in [7, 11) is -4.82. The maximum absolute atomic E-state index is 12.0. The fraction of sp³-hybridized carbons (Fsp3) is 0.739. The number of nitrogens with zero attached hydrogens (tertiary/aromatic N) is 2. The second-order valence-corrected chi connectivity index (χ2v) is 10.2. The van der Waals surface area contributed by atoms with Gasteiger partial charge in [0, 0.05) is 25.8 Å². The SMILES string of the molecule is CCC1(c2cc(C3CC=CCN3)nc(C3(CC)CCCCO3)[n+]2OS(=O)(=O)O)CCCCO1. The average Bonchev–Trinajstić information content (AvgIpc) is 2.84. The minimum Gasteiger partial charge on any atom is -0.366 e. The fourth-order valence-corrected chi connectivity index (χ4v) is 5.62. The zero-order chi connectivity index (χ0) is 23.5. The lowest BCUT2D eigenvalue weighted by Crippen LogP contribution is -2.61. The summed E-state index contributed by atoms with van der Waals surface area (Å²) in [6, 6.07) is 1.86. The van der Waals surface area contributed by atoms with Gasteiger partial charge in [-0.2, -0.15) is 12.7 Å². The first-order valence-electron chi connectivity index (χ1n) is 12.1. The van der Waals surface area contributed by atoms with Crippen molar-refractivity contribution in [1.82, 2.24) is 10.3 Å². The summed E-state index contributed by atoms with van der Waals surface area (Å²) in [5, 5.41) is 3.48. The number of hydrogen-bond donors (Lipinski definition) is 2. The standard InChI is InChI=1S/C23H35N3O6S/c1-3-22(12-6-9-15-30-22)20-17-19(18-11-5-8-14-24-18)25-21(26(20)32-33(27,28)29)23(4-2)13-7-10-16-31-23/h5,8,17-18,24H,3-4,6-7,9-16H2,1-2H3/p+1. The Morgan fingerprint density at radius 2 is 1.79 bits per heavy atom. The van der Waals surface area contributed by atoms with Gasteiger partial charge in [-0.1, -0.05) is 26.0 Å². The largest absolute Gasteiger partial charge is 0.482 e. The summed E-state index contributed by atoms with van der Waals surface area (Å²) in [5.41, 5.74) is -0.213. The van der Waals surface area contributed by atoms with Crippen molar-refractivity contribution in [1.29, 1.82) is 0 Å². The lowest BCUT2D eigenvalue weighted by atomic mass is 9.85. The summed E-state index contributed by atoms with van der Waals surface area (Å²) in [4.78, 5) is 4.95. The van der Waals surface area contributed by atoms with Gasteiger partial charge in [0.1, 0.15) is 5.60 Å². The van der Waals surface area contributed by atoms with Crippen LogP contribution in [0.5, 0.6) is 0 Å². The monoisotopic (exact) mass is 482 g/mol. The smallest absolute Gasteiger partial charge is 0.366 e. The Kier molecular flexibility index (Phi) is 7.40. The predicted molar refractivity (Wildman–Crippen MR) is 121 cm³/mol. The molecule has 3 aliphatic heterocycles. The predicted octanol–water partition coefficient (Wildman–Crippen LogP) is 2.80. The molecule has 0 aliphatic carbocycles. The lowest BCUT2D eigenvalue weighted by molar-refractivity contribution is -0.878. The Bertz CT molecular complexity index is 921. The molecule has 0 spiro atoms. The number of ether oxygens (including phenoxy) is 2.